The lowest BCUT2D eigenvalue weighted by molar-refractivity contribution is -0.144. The van der Waals surface area contributed by atoms with Gasteiger partial charge in [-0.1, -0.05) is 26.7 Å². The SMILES string of the molecule is CCC(C)C(NC(=O)C(CC(=O)O)NC(=O)C(N)CCCCN)C(=O)NC(CC(N)=O)C(=O)O. The quantitative estimate of drug-likeness (QED) is 0.0988. The lowest BCUT2D eigenvalue weighted by Crippen LogP contribution is -2.59. The zero-order chi connectivity index (χ0) is 26.4. The number of unbranched alkanes of at least 4 members (excludes halogenated alkanes) is 1. The van der Waals surface area contributed by atoms with Crippen LogP contribution in [0.4, 0.5) is 0 Å². The molecule has 0 aromatic rings. The normalized spacial score (nSPS) is 15.2. The topological polar surface area (TPSA) is 257 Å². The van der Waals surface area contributed by atoms with Crippen LogP contribution < -0.4 is 33.2 Å². The van der Waals surface area contributed by atoms with E-state index in [1.165, 1.54) is 0 Å². The number of carbonyl (C=O) groups excluding carboxylic acids is 4. The third kappa shape index (κ3) is 11.6. The van der Waals surface area contributed by atoms with Crippen LogP contribution >= 0.6 is 0 Å². The second kappa shape index (κ2) is 15.6. The van der Waals surface area contributed by atoms with Gasteiger partial charge in [0.1, 0.15) is 18.1 Å². The van der Waals surface area contributed by atoms with E-state index < -0.39 is 78.5 Å². The molecular weight excluding hydrogens is 452 g/mol. The highest BCUT2D eigenvalue weighted by atomic mass is 16.4. The van der Waals surface area contributed by atoms with Gasteiger partial charge in [-0.15, -0.1) is 0 Å². The molecule has 0 saturated carbocycles. The molecule has 0 aromatic heterocycles. The highest BCUT2D eigenvalue weighted by Gasteiger charge is 2.33. The summed E-state index contributed by atoms with van der Waals surface area (Å²) in [6.07, 6.45) is 0.419. The molecule has 0 spiro atoms. The Morgan fingerprint density at radius 3 is 1.91 bits per heavy atom. The van der Waals surface area contributed by atoms with Gasteiger partial charge in [0.05, 0.1) is 18.9 Å². The van der Waals surface area contributed by atoms with Gasteiger partial charge in [0, 0.05) is 0 Å². The molecule has 0 fully saturated rings. The summed E-state index contributed by atoms with van der Waals surface area (Å²) in [7, 11) is 0. The van der Waals surface area contributed by atoms with E-state index >= 15 is 0 Å². The summed E-state index contributed by atoms with van der Waals surface area (Å²) in [6.45, 7) is 3.73. The van der Waals surface area contributed by atoms with E-state index in [0.29, 0.717) is 25.8 Å². The molecule has 0 radical (unpaired) electrons. The summed E-state index contributed by atoms with van der Waals surface area (Å²) in [4.78, 5) is 71.5. The predicted octanol–water partition coefficient (Wildman–Crippen LogP) is -2.62. The van der Waals surface area contributed by atoms with Crippen molar-refractivity contribution in [2.75, 3.05) is 6.54 Å². The Morgan fingerprint density at radius 2 is 1.44 bits per heavy atom. The van der Waals surface area contributed by atoms with E-state index in [-0.39, 0.29) is 6.42 Å². The smallest absolute Gasteiger partial charge is 0.326 e. The molecule has 0 aliphatic carbocycles. The maximum Gasteiger partial charge on any atom is 0.326 e. The summed E-state index contributed by atoms with van der Waals surface area (Å²) >= 11 is 0. The minimum Gasteiger partial charge on any atom is -0.481 e. The molecule has 0 saturated heterocycles. The summed E-state index contributed by atoms with van der Waals surface area (Å²) in [5.41, 5.74) is 16.2. The zero-order valence-electron chi connectivity index (χ0n) is 19.4. The number of hydrogen-bond acceptors (Lipinski definition) is 8. The molecule has 4 amide bonds. The van der Waals surface area contributed by atoms with Gasteiger partial charge >= 0.3 is 11.9 Å². The molecule has 0 aliphatic rings. The summed E-state index contributed by atoms with van der Waals surface area (Å²) in [5.74, 6) is -6.96. The first-order chi connectivity index (χ1) is 15.8. The second-order valence-electron chi connectivity index (χ2n) is 7.99. The van der Waals surface area contributed by atoms with Crippen LogP contribution in [-0.2, 0) is 28.8 Å². The van der Waals surface area contributed by atoms with E-state index in [2.05, 4.69) is 16.0 Å². The zero-order valence-corrected chi connectivity index (χ0v) is 19.4. The molecular formula is C20H36N6O8. The lowest BCUT2D eigenvalue weighted by atomic mass is 9.97. The maximum absolute atomic E-state index is 12.8. The summed E-state index contributed by atoms with van der Waals surface area (Å²) in [6, 6.07) is -5.42. The fraction of sp³-hybridized carbons (Fsp3) is 0.700. The van der Waals surface area contributed by atoms with Gasteiger partial charge in [0.2, 0.25) is 23.6 Å². The van der Waals surface area contributed by atoms with Gasteiger partial charge in [-0.3, -0.25) is 24.0 Å². The summed E-state index contributed by atoms with van der Waals surface area (Å²) < 4.78 is 0. The molecule has 0 rings (SSSR count). The molecule has 11 N–H and O–H groups in total. The minimum absolute atomic E-state index is 0.277. The largest absolute Gasteiger partial charge is 0.481 e. The number of primary amides is 1. The Morgan fingerprint density at radius 1 is 0.853 bits per heavy atom. The summed E-state index contributed by atoms with van der Waals surface area (Å²) in [5, 5.41) is 25.2. The van der Waals surface area contributed by atoms with Crippen LogP contribution in [0.2, 0.25) is 0 Å². The van der Waals surface area contributed by atoms with E-state index in [1.807, 2.05) is 0 Å². The standard InChI is InChI=1S/C20H36N6O8/c1-3-10(2)16(19(32)25-13(20(33)34)8-14(23)27)26-18(31)12(9-15(28)29)24-17(30)11(22)6-4-5-7-21/h10-13,16H,3-9,21-22H2,1-2H3,(H2,23,27)(H,24,30)(H,25,32)(H,26,31)(H,28,29)(H,33,34). The van der Waals surface area contributed by atoms with Crippen molar-refractivity contribution >= 4 is 35.6 Å². The molecule has 34 heavy (non-hydrogen) atoms. The number of nitrogens with two attached hydrogens (primary N) is 3. The highest BCUT2D eigenvalue weighted by Crippen LogP contribution is 2.10. The molecule has 5 unspecified atom stereocenters. The Kier molecular flexibility index (Phi) is 14.1. The number of amides is 4. The molecule has 5 atom stereocenters. The third-order valence-corrected chi connectivity index (χ3v) is 5.13. The van der Waals surface area contributed by atoms with Crippen molar-refractivity contribution in [3.05, 3.63) is 0 Å². The van der Waals surface area contributed by atoms with Crippen molar-refractivity contribution in [3.63, 3.8) is 0 Å². The van der Waals surface area contributed by atoms with Crippen LogP contribution in [0.15, 0.2) is 0 Å². The monoisotopic (exact) mass is 488 g/mol. The van der Waals surface area contributed by atoms with Crippen LogP contribution in [0.5, 0.6) is 0 Å². The van der Waals surface area contributed by atoms with Crippen LogP contribution in [-0.4, -0.2) is 76.5 Å². The van der Waals surface area contributed by atoms with Gasteiger partial charge in [-0.25, -0.2) is 4.79 Å². The maximum atomic E-state index is 12.8. The fourth-order valence-corrected chi connectivity index (χ4v) is 2.92. The van der Waals surface area contributed by atoms with Crippen LogP contribution in [0.25, 0.3) is 0 Å². The van der Waals surface area contributed by atoms with Gasteiger partial charge in [0.25, 0.3) is 0 Å². The van der Waals surface area contributed by atoms with Crippen molar-refractivity contribution in [3.8, 4) is 0 Å². The van der Waals surface area contributed by atoms with E-state index in [1.54, 1.807) is 13.8 Å². The molecule has 0 heterocycles. The number of aliphatic carboxylic acids is 2. The van der Waals surface area contributed by atoms with Crippen LogP contribution in [0, 0.1) is 5.92 Å². The van der Waals surface area contributed by atoms with E-state index in [0.717, 1.165) is 0 Å². The number of hydrogen-bond donors (Lipinski definition) is 8. The molecule has 0 aromatic carbocycles. The molecule has 0 bridgehead atoms. The molecule has 14 nitrogen and oxygen atoms in total. The average Bonchev–Trinajstić information content (AvgIpc) is 2.74. The first-order valence-corrected chi connectivity index (χ1v) is 10.9. The average molecular weight is 489 g/mol. The van der Waals surface area contributed by atoms with Crippen molar-refractivity contribution < 1.29 is 39.0 Å². The van der Waals surface area contributed by atoms with Crippen molar-refractivity contribution in [2.45, 2.75) is 76.5 Å². The predicted molar refractivity (Wildman–Crippen MR) is 120 cm³/mol. The Bertz CT molecular complexity index is 747. The van der Waals surface area contributed by atoms with E-state index in [4.69, 9.17) is 22.3 Å². The molecule has 0 aliphatic heterocycles. The lowest BCUT2D eigenvalue weighted by Gasteiger charge is -2.27. The first kappa shape index (κ1) is 30.7. The minimum atomic E-state index is -1.62. The van der Waals surface area contributed by atoms with Crippen LogP contribution in [0.1, 0.15) is 52.4 Å². The van der Waals surface area contributed by atoms with Crippen LogP contribution in [0.3, 0.4) is 0 Å². The molecule has 14 heteroatoms. The Balaban J connectivity index is 5.51. The van der Waals surface area contributed by atoms with Gasteiger partial charge in [-0.05, 0) is 25.3 Å². The molecule has 194 valence electrons. The van der Waals surface area contributed by atoms with Gasteiger partial charge < -0.3 is 43.4 Å². The van der Waals surface area contributed by atoms with Gasteiger partial charge in [-0.2, -0.15) is 0 Å². The van der Waals surface area contributed by atoms with Gasteiger partial charge in [0.15, 0.2) is 0 Å². The third-order valence-electron chi connectivity index (χ3n) is 5.13. The highest BCUT2D eigenvalue weighted by molar-refractivity contribution is 5.96. The second-order valence-corrected chi connectivity index (χ2v) is 7.99. The van der Waals surface area contributed by atoms with E-state index in [9.17, 15) is 33.9 Å². The number of nitrogens with one attached hydrogen (secondary N) is 3. The first-order valence-electron chi connectivity index (χ1n) is 10.9. The number of carboxylic acids is 2. The number of rotatable bonds is 17. The fourth-order valence-electron chi connectivity index (χ4n) is 2.92. The Hall–Kier alpha value is -3.26. The van der Waals surface area contributed by atoms with Crippen molar-refractivity contribution in [1.82, 2.24) is 16.0 Å². The van der Waals surface area contributed by atoms with Crippen molar-refractivity contribution in [1.29, 1.82) is 0 Å². The number of carbonyl (C=O) groups is 6. The van der Waals surface area contributed by atoms with Crippen molar-refractivity contribution in [2.24, 2.45) is 23.1 Å². The number of carboxylic acid groups (broad SMARTS) is 2. The Labute approximate surface area is 197 Å².